The van der Waals surface area contributed by atoms with Crippen molar-refractivity contribution >= 4 is 16.6 Å². The Balaban J connectivity index is 1.93. The molecule has 3 rings (SSSR count). The van der Waals surface area contributed by atoms with Crippen molar-refractivity contribution in [1.82, 2.24) is 4.98 Å². The molecule has 0 amide bonds. The Bertz CT molecular complexity index is 820. The molecule has 3 aromatic rings. The van der Waals surface area contributed by atoms with Crippen LogP contribution in [-0.2, 0) is 6.42 Å². The molecule has 0 aliphatic carbocycles. The highest BCUT2D eigenvalue weighted by Crippen LogP contribution is 2.29. The third kappa shape index (κ3) is 2.77. The molecule has 0 fully saturated rings. The number of nitriles is 1. The van der Waals surface area contributed by atoms with Gasteiger partial charge in [-0.05, 0) is 42.0 Å². The Morgan fingerprint density at radius 3 is 2.67 bits per heavy atom. The average Bonchev–Trinajstić information content (AvgIpc) is 2.49. The van der Waals surface area contributed by atoms with Gasteiger partial charge >= 0.3 is 0 Å². The first-order chi connectivity index (χ1) is 10.3. The smallest absolute Gasteiger partial charge is 0.138 e. The third-order valence-electron chi connectivity index (χ3n) is 3.16. The highest BCUT2D eigenvalue weighted by Gasteiger charge is 2.05. The molecular weight excluding hydrogens is 262 g/mol. The van der Waals surface area contributed by atoms with Crippen LogP contribution in [0.1, 0.15) is 5.56 Å². The lowest BCUT2D eigenvalue weighted by Crippen LogP contribution is -1.90. The summed E-state index contributed by atoms with van der Waals surface area (Å²) in [5.41, 5.74) is 8.21. The van der Waals surface area contributed by atoms with Gasteiger partial charge in [0.15, 0.2) is 0 Å². The Morgan fingerprint density at radius 1 is 1.10 bits per heavy atom. The molecule has 0 bridgehead atoms. The summed E-state index contributed by atoms with van der Waals surface area (Å²) in [7, 11) is 0. The van der Waals surface area contributed by atoms with E-state index in [0.29, 0.717) is 12.1 Å². The maximum atomic E-state index is 8.67. The van der Waals surface area contributed by atoms with Crippen molar-refractivity contribution < 1.29 is 4.74 Å². The van der Waals surface area contributed by atoms with Crippen LogP contribution in [0.3, 0.4) is 0 Å². The molecule has 0 saturated carbocycles. The van der Waals surface area contributed by atoms with Crippen molar-refractivity contribution in [2.24, 2.45) is 0 Å². The summed E-state index contributed by atoms with van der Waals surface area (Å²) < 4.78 is 5.90. The Labute approximate surface area is 122 Å². The molecule has 4 nitrogen and oxygen atoms in total. The molecule has 0 unspecified atom stereocenters. The fourth-order valence-electron chi connectivity index (χ4n) is 2.12. The van der Waals surface area contributed by atoms with Gasteiger partial charge in [0, 0.05) is 17.3 Å². The monoisotopic (exact) mass is 275 g/mol. The van der Waals surface area contributed by atoms with Crippen LogP contribution >= 0.6 is 0 Å². The second-order valence-corrected chi connectivity index (χ2v) is 4.67. The molecule has 1 heterocycles. The Kier molecular flexibility index (Phi) is 3.40. The van der Waals surface area contributed by atoms with Gasteiger partial charge in [0.05, 0.1) is 18.0 Å². The first-order valence-corrected chi connectivity index (χ1v) is 6.54. The number of ether oxygens (including phenoxy) is 1. The van der Waals surface area contributed by atoms with E-state index in [1.165, 1.54) is 0 Å². The predicted octanol–water partition coefficient (Wildman–Crippen LogP) is 3.68. The van der Waals surface area contributed by atoms with Crippen molar-refractivity contribution in [3.8, 4) is 17.6 Å². The number of hydrogen-bond donors (Lipinski definition) is 1. The normalized spacial score (nSPS) is 10.2. The molecule has 102 valence electrons. The number of nitrogens with zero attached hydrogens (tertiary/aromatic N) is 2. The number of benzene rings is 2. The van der Waals surface area contributed by atoms with Crippen molar-refractivity contribution in [3.05, 3.63) is 60.3 Å². The summed E-state index contributed by atoms with van der Waals surface area (Å²) in [6.45, 7) is 0. The van der Waals surface area contributed by atoms with Crippen molar-refractivity contribution in [2.75, 3.05) is 5.73 Å². The number of anilines is 1. The average molecular weight is 275 g/mol. The molecule has 0 atom stereocenters. The van der Waals surface area contributed by atoms with Crippen LogP contribution in [0.25, 0.3) is 10.9 Å². The molecule has 2 N–H and O–H groups in total. The lowest BCUT2D eigenvalue weighted by Gasteiger charge is -2.09. The molecule has 0 aliphatic rings. The van der Waals surface area contributed by atoms with E-state index in [-0.39, 0.29) is 0 Å². The second kappa shape index (κ2) is 5.51. The largest absolute Gasteiger partial charge is 0.457 e. The quantitative estimate of drug-likeness (QED) is 0.740. The Hall–Kier alpha value is -3.06. The Morgan fingerprint density at radius 2 is 1.90 bits per heavy atom. The van der Waals surface area contributed by atoms with Gasteiger partial charge < -0.3 is 10.5 Å². The van der Waals surface area contributed by atoms with Gasteiger partial charge in [0.25, 0.3) is 0 Å². The maximum Gasteiger partial charge on any atom is 0.138 e. The van der Waals surface area contributed by atoms with E-state index in [4.69, 9.17) is 15.7 Å². The standard InChI is InChI=1S/C17H13N3O/c18-9-7-12-1-4-14(5-2-12)21-17-8-10-20-16-11-13(19)3-6-15(16)17/h1-6,8,10-11H,7,19H2. The molecule has 0 radical (unpaired) electrons. The summed E-state index contributed by atoms with van der Waals surface area (Å²) in [5.74, 6) is 1.45. The van der Waals surface area contributed by atoms with Gasteiger partial charge in [-0.2, -0.15) is 5.26 Å². The van der Waals surface area contributed by atoms with Gasteiger partial charge in [0.2, 0.25) is 0 Å². The summed E-state index contributed by atoms with van der Waals surface area (Å²) in [6, 6.07) is 17.0. The summed E-state index contributed by atoms with van der Waals surface area (Å²) in [4.78, 5) is 4.29. The van der Waals surface area contributed by atoms with Crippen LogP contribution in [0.2, 0.25) is 0 Å². The van der Waals surface area contributed by atoms with E-state index in [1.807, 2.05) is 48.5 Å². The molecule has 1 aromatic heterocycles. The maximum absolute atomic E-state index is 8.67. The number of rotatable bonds is 3. The summed E-state index contributed by atoms with van der Waals surface area (Å²) in [6.07, 6.45) is 2.10. The predicted molar refractivity (Wildman–Crippen MR) is 82.0 cm³/mol. The molecular formula is C17H13N3O. The van der Waals surface area contributed by atoms with E-state index in [2.05, 4.69) is 11.1 Å². The number of nitrogen functional groups attached to an aromatic ring is 1. The molecule has 0 saturated heterocycles. The molecule has 0 spiro atoms. The second-order valence-electron chi connectivity index (χ2n) is 4.67. The molecule has 4 heteroatoms. The number of hydrogen-bond acceptors (Lipinski definition) is 4. The number of pyridine rings is 1. The molecule has 2 aromatic carbocycles. The van der Waals surface area contributed by atoms with Crippen molar-refractivity contribution in [3.63, 3.8) is 0 Å². The van der Waals surface area contributed by atoms with Gasteiger partial charge in [-0.15, -0.1) is 0 Å². The van der Waals surface area contributed by atoms with Crippen molar-refractivity contribution in [2.45, 2.75) is 6.42 Å². The fourth-order valence-corrected chi connectivity index (χ4v) is 2.12. The summed E-state index contributed by atoms with van der Waals surface area (Å²) >= 11 is 0. The van der Waals surface area contributed by atoms with Crippen LogP contribution < -0.4 is 10.5 Å². The number of nitrogens with two attached hydrogens (primary N) is 1. The first kappa shape index (κ1) is 12.9. The van der Waals surface area contributed by atoms with E-state index in [1.54, 1.807) is 6.20 Å². The van der Waals surface area contributed by atoms with E-state index >= 15 is 0 Å². The lowest BCUT2D eigenvalue weighted by molar-refractivity contribution is 0.488. The summed E-state index contributed by atoms with van der Waals surface area (Å²) in [5, 5.41) is 9.58. The topological polar surface area (TPSA) is 71.9 Å². The fraction of sp³-hybridized carbons (Fsp3) is 0.0588. The van der Waals surface area contributed by atoms with Crippen LogP contribution in [0.15, 0.2) is 54.7 Å². The van der Waals surface area contributed by atoms with Gasteiger partial charge in [-0.25, -0.2) is 0 Å². The minimum atomic E-state index is 0.401. The van der Waals surface area contributed by atoms with Gasteiger partial charge in [-0.1, -0.05) is 12.1 Å². The molecule has 21 heavy (non-hydrogen) atoms. The minimum Gasteiger partial charge on any atom is -0.457 e. The SMILES string of the molecule is N#CCc1ccc(Oc2ccnc3cc(N)ccc23)cc1. The van der Waals surface area contributed by atoms with E-state index in [0.717, 1.165) is 28.0 Å². The van der Waals surface area contributed by atoms with E-state index in [9.17, 15) is 0 Å². The molecule has 0 aliphatic heterocycles. The van der Waals surface area contributed by atoms with Crippen LogP contribution in [0.5, 0.6) is 11.5 Å². The highest BCUT2D eigenvalue weighted by molar-refractivity contribution is 5.87. The number of aromatic nitrogens is 1. The van der Waals surface area contributed by atoms with Crippen LogP contribution in [-0.4, -0.2) is 4.98 Å². The van der Waals surface area contributed by atoms with Crippen LogP contribution in [0, 0.1) is 11.3 Å². The van der Waals surface area contributed by atoms with Crippen molar-refractivity contribution in [1.29, 1.82) is 5.26 Å². The zero-order valence-electron chi connectivity index (χ0n) is 11.3. The van der Waals surface area contributed by atoms with Crippen LogP contribution in [0.4, 0.5) is 5.69 Å². The highest BCUT2D eigenvalue weighted by atomic mass is 16.5. The lowest BCUT2D eigenvalue weighted by atomic mass is 10.1. The third-order valence-corrected chi connectivity index (χ3v) is 3.16. The van der Waals surface area contributed by atoms with E-state index < -0.39 is 0 Å². The number of fused-ring (bicyclic) bond motifs is 1. The first-order valence-electron chi connectivity index (χ1n) is 6.54. The van der Waals surface area contributed by atoms with Gasteiger partial charge in [0.1, 0.15) is 11.5 Å². The zero-order chi connectivity index (χ0) is 14.7. The minimum absolute atomic E-state index is 0.401. The van der Waals surface area contributed by atoms with Gasteiger partial charge in [-0.3, -0.25) is 4.98 Å². The zero-order valence-corrected chi connectivity index (χ0v) is 11.3.